The first-order valence-corrected chi connectivity index (χ1v) is 14.6. The number of carbonyl (C=O) groups excluding carboxylic acids is 1. The molecule has 1 aromatic heterocycles. The zero-order valence-electron chi connectivity index (χ0n) is 21.8. The van der Waals surface area contributed by atoms with E-state index in [1.54, 1.807) is 29.2 Å². The average Bonchev–Trinajstić information content (AvgIpc) is 3.35. The monoisotopic (exact) mass is 561 g/mol. The number of hydrogen-bond donors (Lipinski definition) is 0. The Morgan fingerprint density at radius 1 is 1.13 bits per heavy atom. The predicted molar refractivity (Wildman–Crippen MR) is 147 cm³/mol. The number of ether oxygens (including phenoxy) is 4. The molecule has 1 amide bonds. The van der Waals surface area contributed by atoms with Gasteiger partial charge >= 0.3 is 0 Å². The third-order valence-electron chi connectivity index (χ3n) is 6.12. The summed E-state index contributed by atoms with van der Waals surface area (Å²) in [6.07, 6.45) is 4.29. The van der Waals surface area contributed by atoms with Crippen molar-refractivity contribution in [3.63, 3.8) is 0 Å². The van der Waals surface area contributed by atoms with Gasteiger partial charge in [-0.3, -0.25) is 14.6 Å². The second kappa shape index (κ2) is 12.1. The molecule has 0 N–H and O–H groups in total. The Balaban J connectivity index is 1.67. The summed E-state index contributed by atoms with van der Waals surface area (Å²) in [5.74, 6) is 1.12. The minimum Gasteiger partial charge on any atom is -0.493 e. The number of anilines is 1. The molecule has 0 saturated carbocycles. The first-order valence-electron chi connectivity index (χ1n) is 11.9. The van der Waals surface area contributed by atoms with Crippen molar-refractivity contribution < 1.29 is 32.2 Å². The van der Waals surface area contributed by atoms with Gasteiger partial charge in [-0.25, -0.2) is 13.4 Å². The standard InChI is InChI=1S/C26H31N3O7S2/c1-33-19-16-18(17-20(34-2)25(19)35-3)8-9-23(30)29(11-10-28-12-14-36-15-13-28)26-27-24-21(37-26)6-5-7-22(24)38(4,31)32/h5-9,16-17H,10-15H2,1-4H3. The summed E-state index contributed by atoms with van der Waals surface area (Å²) in [6.45, 7) is 3.86. The number of benzene rings is 2. The number of amides is 1. The van der Waals surface area contributed by atoms with Crippen LogP contribution in [0.5, 0.6) is 17.2 Å². The van der Waals surface area contributed by atoms with Crippen LogP contribution in [0.2, 0.25) is 0 Å². The lowest BCUT2D eigenvalue weighted by Crippen LogP contribution is -2.42. The first-order chi connectivity index (χ1) is 18.2. The van der Waals surface area contributed by atoms with E-state index >= 15 is 0 Å². The summed E-state index contributed by atoms with van der Waals surface area (Å²) in [5, 5.41) is 0.434. The number of hydrogen-bond acceptors (Lipinski definition) is 10. The van der Waals surface area contributed by atoms with Crippen molar-refractivity contribution in [2.24, 2.45) is 0 Å². The topological polar surface area (TPSA) is 108 Å². The lowest BCUT2D eigenvalue weighted by molar-refractivity contribution is -0.114. The van der Waals surface area contributed by atoms with E-state index in [1.807, 2.05) is 6.07 Å². The van der Waals surface area contributed by atoms with Gasteiger partial charge in [-0.15, -0.1) is 0 Å². The number of fused-ring (bicyclic) bond motifs is 1. The Bertz CT molecular complexity index is 1400. The maximum absolute atomic E-state index is 13.5. The van der Waals surface area contributed by atoms with Crippen molar-refractivity contribution in [2.75, 3.05) is 71.9 Å². The van der Waals surface area contributed by atoms with Crippen LogP contribution in [0.1, 0.15) is 5.56 Å². The van der Waals surface area contributed by atoms with Crippen LogP contribution in [0.15, 0.2) is 41.3 Å². The predicted octanol–water partition coefficient (Wildman–Crippen LogP) is 3.10. The zero-order valence-corrected chi connectivity index (χ0v) is 23.4. The van der Waals surface area contributed by atoms with Gasteiger partial charge in [0.15, 0.2) is 26.5 Å². The van der Waals surface area contributed by atoms with Crippen molar-refractivity contribution in [3.05, 3.63) is 42.0 Å². The van der Waals surface area contributed by atoms with Gasteiger partial charge in [-0.1, -0.05) is 17.4 Å². The van der Waals surface area contributed by atoms with E-state index < -0.39 is 9.84 Å². The summed E-state index contributed by atoms with van der Waals surface area (Å²) in [5.41, 5.74) is 1.05. The maximum atomic E-state index is 13.5. The van der Waals surface area contributed by atoms with Crippen LogP contribution in [-0.4, -0.2) is 91.2 Å². The first kappa shape index (κ1) is 27.8. The number of para-hydroxylation sites is 1. The Morgan fingerprint density at radius 2 is 1.82 bits per heavy atom. The highest BCUT2D eigenvalue weighted by Gasteiger charge is 2.23. The molecule has 0 atom stereocenters. The molecule has 4 rings (SSSR count). The molecule has 204 valence electrons. The SMILES string of the molecule is COc1cc(C=CC(=O)N(CCN2CCOCC2)c2nc3c(S(C)(=O)=O)cccc3s2)cc(OC)c1OC. The van der Waals surface area contributed by atoms with Gasteiger partial charge in [0.2, 0.25) is 5.75 Å². The van der Waals surface area contributed by atoms with E-state index in [0.29, 0.717) is 64.5 Å². The molecule has 1 fully saturated rings. The summed E-state index contributed by atoms with van der Waals surface area (Å²) in [6, 6.07) is 8.52. The lowest BCUT2D eigenvalue weighted by Gasteiger charge is -2.28. The van der Waals surface area contributed by atoms with Crippen molar-refractivity contribution >= 4 is 48.5 Å². The quantitative estimate of drug-likeness (QED) is 0.345. The van der Waals surface area contributed by atoms with Crippen LogP contribution in [0.4, 0.5) is 5.13 Å². The Hall–Kier alpha value is -3.19. The molecule has 10 nitrogen and oxygen atoms in total. The molecule has 0 aliphatic carbocycles. The fourth-order valence-corrected chi connectivity index (χ4v) is 6.07. The number of morpholine rings is 1. The third-order valence-corrected chi connectivity index (χ3v) is 8.29. The molecule has 2 heterocycles. The second-order valence-corrected chi connectivity index (χ2v) is 11.6. The number of aromatic nitrogens is 1. The van der Waals surface area contributed by atoms with Crippen molar-refractivity contribution in [1.82, 2.24) is 9.88 Å². The molecule has 0 bridgehead atoms. The molecule has 0 radical (unpaired) electrons. The minimum atomic E-state index is -3.49. The number of nitrogens with zero attached hydrogens (tertiary/aromatic N) is 3. The number of carbonyl (C=O) groups is 1. The molecular formula is C26H31N3O7S2. The fourth-order valence-electron chi connectivity index (χ4n) is 4.15. The molecule has 12 heteroatoms. The molecule has 3 aromatic rings. The largest absolute Gasteiger partial charge is 0.493 e. The summed E-state index contributed by atoms with van der Waals surface area (Å²) in [7, 11) is 1.10. The van der Waals surface area contributed by atoms with E-state index in [4.69, 9.17) is 18.9 Å². The smallest absolute Gasteiger partial charge is 0.252 e. The number of rotatable bonds is 10. The van der Waals surface area contributed by atoms with Gasteiger partial charge in [0.25, 0.3) is 5.91 Å². The van der Waals surface area contributed by atoms with E-state index in [-0.39, 0.29) is 10.8 Å². The molecule has 38 heavy (non-hydrogen) atoms. The molecular weight excluding hydrogens is 530 g/mol. The van der Waals surface area contributed by atoms with Gasteiger partial charge in [0.05, 0.1) is 44.1 Å². The minimum absolute atomic E-state index is 0.144. The molecule has 1 aliphatic rings. The molecule has 1 aliphatic heterocycles. The summed E-state index contributed by atoms with van der Waals surface area (Å²) < 4.78 is 47.0. The van der Waals surface area contributed by atoms with Crippen LogP contribution in [-0.2, 0) is 19.4 Å². The third kappa shape index (κ3) is 6.26. The Morgan fingerprint density at radius 3 is 2.42 bits per heavy atom. The van der Waals surface area contributed by atoms with E-state index in [0.717, 1.165) is 19.3 Å². The second-order valence-electron chi connectivity index (χ2n) is 8.61. The van der Waals surface area contributed by atoms with Gasteiger partial charge < -0.3 is 18.9 Å². The van der Waals surface area contributed by atoms with E-state index in [2.05, 4.69) is 9.88 Å². The van der Waals surface area contributed by atoms with Crippen LogP contribution in [0.3, 0.4) is 0 Å². The van der Waals surface area contributed by atoms with Crippen molar-refractivity contribution in [1.29, 1.82) is 0 Å². The van der Waals surface area contributed by atoms with Gasteiger partial charge in [0.1, 0.15) is 5.52 Å². The fraction of sp³-hybridized carbons (Fsp3) is 0.385. The maximum Gasteiger partial charge on any atom is 0.252 e. The van der Waals surface area contributed by atoms with Crippen LogP contribution < -0.4 is 19.1 Å². The van der Waals surface area contributed by atoms with Crippen molar-refractivity contribution in [3.8, 4) is 17.2 Å². The van der Waals surface area contributed by atoms with Crippen molar-refractivity contribution in [2.45, 2.75) is 4.90 Å². The highest BCUT2D eigenvalue weighted by atomic mass is 32.2. The van der Waals surface area contributed by atoms with Gasteiger partial charge in [-0.05, 0) is 35.9 Å². The lowest BCUT2D eigenvalue weighted by atomic mass is 10.1. The van der Waals surface area contributed by atoms with Gasteiger partial charge in [0, 0.05) is 38.5 Å². The number of thiazole rings is 1. The molecule has 2 aromatic carbocycles. The number of sulfone groups is 1. The highest BCUT2D eigenvalue weighted by Crippen LogP contribution is 2.38. The highest BCUT2D eigenvalue weighted by molar-refractivity contribution is 7.91. The van der Waals surface area contributed by atoms with Gasteiger partial charge in [-0.2, -0.15) is 0 Å². The van der Waals surface area contributed by atoms with Crippen LogP contribution in [0.25, 0.3) is 16.3 Å². The zero-order chi connectivity index (χ0) is 27.3. The van der Waals surface area contributed by atoms with Crippen LogP contribution >= 0.6 is 11.3 Å². The van der Waals surface area contributed by atoms with Crippen LogP contribution in [0, 0.1) is 0 Å². The average molecular weight is 562 g/mol. The van der Waals surface area contributed by atoms with E-state index in [1.165, 1.54) is 44.8 Å². The Kier molecular flexibility index (Phi) is 8.87. The molecule has 0 spiro atoms. The molecule has 1 saturated heterocycles. The summed E-state index contributed by atoms with van der Waals surface area (Å²) >= 11 is 1.29. The van der Waals surface area contributed by atoms with E-state index in [9.17, 15) is 13.2 Å². The summed E-state index contributed by atoms with van der Waals surface area (Å²) in [4.78, 5) is 22.1. The Labute approximate surface area is 226 Å². The molecule has 0 unspecified atom stereocenters. The number of methoxy groups -OCH3 is 3. The normalized spacial score (nSPS) is 14.6.